The van der Waals surface area contributed by atoms with Crippen molar-refractivity contribution in [3.8, 4) is 28.4 Å². The van der Waals surface area contributed by atoms with Crippen LogP contribution in [0.2, 0.25) is 0 Å². The predicted molar refractivity (Wildman–Crippen MR) is 111 cm³/mol. The molecule has 7 nitrogen and oxygen atoms in total. The highest BCUT2D eigenvalue weighted by Gasteiger charge is 2.34. The van der Waals surface area contributed by atoms with Crippen LogP contribution in [0.25, 0.3) is 22.2 Å². The van der Waals surface area contributed by atoms with Crippen molar-refractivity contribution in [1.82, 2.24) is 15.2 Å². The van der Waals surface area contributed by atoms with Crippen LogP contribution in [-0.4, -0.2) is 29.4 Å². The molecule has 4 aromatic rings. The number of ether oxygens (including phenoxy) is 3. The van der Waals surface area contributed by atoms with Gasteiger partial charge in [-0.25, -0.2) is 0 Å². The normalized spacial score (nSPS) is 11.5. The number of rotatable bonds is 6. The molecule has 0 aliphatic carbocycles. The van der Waals surface area contributed by atoms with Gasteiger partial charge in [0, 0.05) is 23.2 Å². The molecule has 166 valence electrons. The molecular weight excluding hydrogens is 427 g/mol. The van der Waals surface area contributed by atoms with E-state index in [-0.39, 0.29) is 29.2 Å². The van der Waals surface area contributed by atoms with E-state index in [2.05, 4.69) is 15.2 Å². The number of benzene rings is 2. The SMILES string of the molecule is COc1ccc(COc2ccc(-c3cc(=O)[nH]c4n[nH]cc34)cc2OC)c(C(F)(F)F)c1. The number of nitrogens with one attached hydrogen (secondary N) is 2. The van der Waals surface area contributed by atoms with Crippen molar-refractivity contribution < 1.29 is 27.4 Å². The van der Waals surface area contributed by atoms with E-state index in [0.717, 1.165) is 6.07 Å². The van der Waals surface area contributed by atoms with Gasteiger partial charge in [0.1, 0.15) is 12.4 Å². The first-order valence-electron chi connectivity index (χ1n) is 9.42. The number of H-pyrrole nitrogens is 2. The van der Waals surface area contributed by atoms with E-state index < -0.39 is 11.7 Å². The Morgan fingerprint density at radius 2 is 1.81 bits per heavy atom. The Morgan fingerprint density at radius 1 is 1.00 bits per heavy atom. The highest BCUT2D eigenvalue weighted by Crippen LogP contribution is 2.37. The number of nitrogens with zero attached hydrogens (tertiary/aromatic N) is 1. The van der Waals surface area contributed by atoms with Crippen molar-refractivity contribution in [3.05, 3.63) is 70.1 Å². The lowest BCUT2D eigenvalue weighted by Gasteiger charge is -2.16. The maximum absolute atomic E-state index is 13.4. The molecule has 2 aromatic heterocycles. The molecule has 0 fully saturated rings. The molecule has 0 radical (unpaired) electrons. The molecule has 32 heavy (non-hydrogen) atoms. The first-order valence-corrected chi connectivity index (χ1v) is 9.42. The van der Waals surface area contributed by atoms with Crippen molar-refractivity contribution in [2.75, 3.05) is 14.2 Å². The molecule has 0 spiro atoms. The van der Waals surface area contributed by atoms with Gasteiger partial charge in [-0.1, -0.05) is 12.1 Å². The third kappa shape index (κ3) is 4.11. The number of methoxy groups -OCH3 is 2. The van der Waals surface area contributed by atoms with Gasteiger partial charge in [-0.3, -0.25) is 9.89 Å². The van der Waals surface area contributed by atoms with Crippen LogP contribution in [0.4, 0.5) is 13.2 Å². The molecule has 2 heterocycles. The lowest BCUT2D eigenvalue weighted by Crippen LogP contribution is -2.11. The minimum Gasteiger partial charge on any atom is -0.497 e. The molecule has 0 unspecified atom stereocenters. The first-order chi connectivity index (χ1) is 15.3. The lowest BCUT2D eigenvalue weighted by molar-refractivity contribution is -0.138. The molecule has 0 aliphatic rings. The second-order valence-corrected chi connectivity index (χ2v) is 6.87. The Balaban J connectivity index is 1.65. The summed E-state index contributed by atoms with van der Waals surface area (Å²) in [5, 5.41) is 7.40. The fraction of sp³-hybridized carbons (Fsp3) is 0.182. The van der Waals surface area contributed by atoms with Crippen LogP contribution in [0.5, 0.6) is 17.2 Å². The van der Waals surface area contributed by atoms with E-state index in [1.807, 2.05) is 0 Å². The summed E-state index contributed by atoms with van der Waals surface area (Å²) in [6.07, 6.45) is -2.91. The van der Waals surface area contributed by atoms with Gasteiger partial charge in [0.25, 0.3) is 0 Å². The summed E-state index contributed by atoms with van der Waals surface area (Å²) >= 11 is 0. The van der Waals surface area contributed by atoms with Crippen LogP contribution in [-0.2, 0) is 12.8 Å². The third-order valence-electron chi connectivity index (χ3n) is 4.93. The number of fused-ring (bicyclic) bond motifs is 1. The minimum absolute atomic E-state index is 0.0425. The van der Waals surface area contributed by atoms with Crippen molar-refractivity contribution in [1.29, 1.82) is 0 Å². The van der Waals surface area contributed by atoms with Crippen LogP contribution in [0.15, 0.2) is 53.5 Å². The number of hydrogen-bond acceptors (Lipinski definition) is 5. The Labute approximate surface area is 179 Å². The van der Waals surface area contributed by atoms with Crippen molar-refractivity contribution in [2.45, 2.75) is 12.8 Å². The van der Waals surface area contributed by atoms with Crippen LogP contribution in [0, 0.1) is 0 Å². The quantitative estimate of drug-likeness (QED) is 0.455. The van der Waals surface area contributed by atoms with E-state index in [4.69, 9.17) is 14.2 Å². The fourth-order valence-electron chi connectivity index (χ4n) is 3.37. The monoisotopic (exact) mass is 445 g/mol. The lowest BCUT2D eigenvalue weighted by atomic mass is 10.0. The maximum Gasteiger partial charge on any atom is 0.416 e. The number of alkyl halides is 3. The zero-order valence-corrected chi connectivity index (χ0v) is 17.0. The fourth-order valence-corrected chi connectivity index (χ4v) is 3.37. The van der Waals surface area contributed by atoms with Crippen molar-refractivity contribution in [2.24, 2.45) is 0 Å². The van der Waals surface area contributed by atoms with Crippen LogP contribution in [0.3, 0.4) is 0 Å². The Morgan fingerprint density at radius 3 is 2.53 bits per heavy atom. The average molecular weight is 445 g/mol. The van der Waals surface area contributed by atoms with E-state index >= 15 is 0 Å². The number of hydrogen-bond donors (Lipinski definition) is 2. The average Bonchev–Trinajstić information content (AvgIpc) is 3.24. The summed E-state index contributed by atoms with van der Waals surface area (Å²) < 4.78 is 56.3. The standard InChI is InChI=1S/C22H18F3N3O4/c1-30-14-5-3-13(17(8-14)22(23,24)25)11-32-18-6-4-12(7-19(18)31-2)15-9-20(29)27-21-16(15)10-26-28-21/h3-10H,11H2,1-2H3,(H2,26,27,28,29). The molecule has 2 N–H and O–H groups in total. The van der Waals surface area contributed by atoms with Crippen molar-refractivity contribution >= 4 is 11.0 Å². The van der Waals surface area contributed by atoms with E-state index in [1.54, 1.807) is 24.4 Å². The molecular formula is C22H18F3N3O4. The zero-order chi connectivity index (χ0) is 22.9. The largest absolute Gasteiger partial charge is 0.497 e. The molecule has 0 bridgehead atoms. The molecule has 0 amide bonds. The Bertz CT molecular complexity index is 1330. The van der Waals surface area contributed by atoms with Gasteiger partial charge in [0.15, 0.2) is 17.1 Å². The minimum atomic E-state index is -4.56. The van der Waals surface area contributed by atoms with Gasteiger partial charge in [-0.05, 0) is 35.4 Å². The smallest absolute Gasteiger partial charge is 0.416 e. The second kappa shape index (κ2) is 8.29. The number of halogens is 3. The summed E-state index contributed by atoms with van der Waals surface area (Å²) in [5.74, 6) is 0.668. The van der Waals surface area contributed by atoms with E-state index in [9.17, 15) is 18.0 Å². The zero-order valence-electron chi connectivity index (χ0n) is 17.0. The number of pyridine rings is 1. The summed E-state index contributed by atoms with van der Waals surface area (Å²) in [7, 11) is 2.72. The maximum atomic E-state index is 13.4. The number of aromatic nitrogens is 3. The molecule has 0 saturated heterocycles. The summed E-state index contributed by atoms with van der Waals surface area (Å²) in [6, 6.07) is 10.0. The van der Waals surface area contributed by atoms with Crippen LogP contribution >= 0.6 is 0 Å². The first kappa shape index (κ1) is 21.3. The summed E-state index contributed by atoms with van der Waals surface area (Å²) in [4.78, 5) is 14.6. The van der Waals surface area contributed by atoms with Gasteiger partial charge >= 0.3 is 6.18 Å². The molecule has 0 saturated carbocycles. The predicted octanol–water partition coefficient (Wildman–Crippen LogP) is 4.53. The Kier molecular flexibility index (Phi) is 5.52. The Hall–Kier alpha value is -3.95. The molecule has 2 aromatic carbocycles. The summed E-state index contributed by atoms with van der Waals surface area (Å²) in [5.41, 5.74) is 0.491. The van der Waals surface area contributed by atoms with Crippen LogP contribution in [0.1, 0.15) is 11.1 Å². The second-order valence-electron chi connectivity index (χ2n) is 6.87. The molecule has 0 aliphatic heterocycles. The van der Waals surface area contributed by atoms with Gasteiger partial charge < -0.3 is 19.2 Å². The van der Waals surface area contributed by atoms with E-state index in [0.29, 0.717) is 27.9 Å². The highest BCUT2D eigenvalue weighted by atomic mass is 19.4. The van der Waals surface area contributed by atoms with Gasteiger partial charge in [-0.15, -0.1) is 0 Å². The van der Waals surface area contributed by atoms with Gasteiger partial charge in [0.05, 0.1) is 19.8 Å². The molecule has 4 rings (SSSR count). The topological polar surface area (TPSA) is 89.2 Å². The van der Waals surface area contributed by atoms with Crippen LogP contribution < -0.4 is 19.8 Å². The van der Waals surface area contributed by atoms with Gasteiger partial charge in [-0.2, -0.15) is 18.3 Å². The third-order valence-corrected chi connectivity index (χ3v) is 4.93. The highest BCUT2D eigenvalue weighted by molar-refractivity contribution is 5.92. The number of aromatic amines is 2. The molecule has 10 heteroatoms. The van der Waals surface area contributed by atoms with Crippen molar-refractivity contribution in [3.63, 3.8) is 0 Å². The van der Waals surface area contributed by atoms with Gasteiger partial charge in [0.2, 0.25) is 5.56 Å². The summed E-state index contributed by atoms with van der Waals surface area (Å²) in [6.45, 7) is -0.328. The molecule has 0 atom stereocenters. The van der Waals surface area contributed by atoms with E-state index in [1.165, 1.54) is 32.4 Å².